The highest BCUT2D eigenvalue weighted by Gasteiger charge is 1.99. The van der Waals surface area contributed by atoms with Crippen molar-refractivity contribution in [3.63, 3.8) is 0 Å². The Kier molecular flexibility index (Phi) is 14.4. The Labute approximate surface area is 196 Å². The van der Waals surface area contributed by atoms with Crippen LogP contribution in [0.5, 0.6) is 5.75 Å². The lowest BCUT2D eigenvalue weighted by Crippen LogP contribution is -2.05. The molecule has 0 heterocycles. The second-order valence-corrected chi connectivity index (χ2v) is 8.92. The highest BCUT2D eigenvalue weighted by atomic mass is 16.5. The van der Waals surface area contributed by atoms with Crippen LogP contribution in [0.15, 0.2) is 48.5 Å². The van der Waals surface area contributed by atoms with E-state index in [1.165, 1.54) is 76.2 Å². The van der Waals surface area contributed by atoms with Crippen molar-refractivity contribution < 1.29 is 9.84 Å². The molecule has 0 aliphatic rings. The monoisotopic (exact) mass is 439 g/mol. The summed E-state index contributed by atoms with van der Waals surface area (Å²) in [5.41, 5.74) is 3.29. The van der Waals surface area contributed by atoms with E-state index in [0.29, 0.717) is 0 Å². The van der Waals surface area contributed by atoms with Crippen LogP contribution in [0.4, 0.5) is 5.69 Å². The predicted molar refractivity (Wildman–Crippen MR) is 138 cm³/mol. The third kappa shape index (κ3) is 12.1. The Bertz CT molecular complexity index is 699. The van der Waals surface area contributed by atoms with Crippen LogP contribution < -0.4 is 10.1 Å². The van der Waals surface area contributed by atoms with Crippen molar-refractivity contribution in [2.75, 3.05) is 18.5 Å². The molecule has 0 radical (unpaired) electrons. The normalized spacial score (nSPS) is 10.9. The van der Waals surface area contributed by atoms with Crippen molar-refractivity contribution in [1.82, 2.24) is 0 Å². The average molecular weight is 440 g/mol. The third-order valence-corrected chi connectivity index (χ3v) is 6.04. The number of benzene rings is 2. The quantitative estimate of drug-likeness (QED) is 0.218. The summed E-state index contributed by atoms with van der Waals surface area (Å²) in [7, 11) is 0. The van der Waals surface area contributed by atoms with E-state index in [1.807, 2.05) is 24.3 Å². The van der Waals surface area contributed by atoms with Crippen LogP contribution in [-0.4, -0.2) is 18.3 Å². The van der Waals surface area contributed by atoms with Gasteiger partial charge >= 0.3 is 0 Å². The fourth-order valence-corrected chi connectivity index (χ4v) is 4.02. The first-order valence-electron chi connectivity index (χ1n) is 13.0. The maximum absolute atomic E-state index is 9.22. The summed E-state index contributed by atoms with van der Waals surface area (Å²) in [5.74, 6) is 0.973. The van der Waals surface area contributed by atoms with Crippen LogP contribution in [0.2, 0.25) is 0 Å². The second-order valence-electron chi connectivity index (χ2n) is 8.92. The number of aliphatic hydroxyl groups excluding tert-OH is 1. The molecule has 2 aromatic rings. The molecule has 0 fully saturated rings. The van der Waals surface area contributed by atoms with E-state index in [9.17, 15) is 5.11 Å². The molecule has 0 amide bonds. The Morgan fingerprint density at radius 3 is 1.97 bits per heavy atom. The van der Waals surface area contributed by atoms with Gasteiger partial charge in [-0.05, 0) is 48.2 Å². The Morgan fingerprint density at radius 1 is 0.719 bits per heavy atom. The zero-order valence-electron chi connectivity index (χ0n) is 20.3. The van der Waals surface area contributed by atoms with Gasteiger partial charge < -0.3 is 15.2 Å². The minimum Gasteiger partial charge on any atom is -0.494 e. The molecule has 178 valence electrons. The molecule has 32 heavy (non-hydrogen) atoms. The van der Waals surface area contributed by atoms with Gasteiger partial charge in [0.15, 0.2) is 0 Å². The fraction of sp³-hybridized carbons (Fsp3) is 0.586. The number of aliphatic hydroxyl groups is 1. The molecular weight excluding hydrogens is 394 g/mol. The molecule has 0 unspecified atom stereocenters. The summed E-state index contributed by atoms with van der Waals surface area (Å²) in [4.78, 5) is 0. The molecular formula is C29H45NO2. The van der Waals surface area contributed by atoms with Gasteiger partial charge in [-0.1, -0.05) is 102 Å². The summed E-state index contributed by atoms with van der Waals surface area (Å²) in [6.45, 7) is 4.05. The molecule has 0 aliphatic carbocycles. The highest BCUT2D eigenvalue weighted by molar-refractivity contribution is 5.45. The molecule has 2 N–H and O–H groups in total. The fourth-order valence-electron chi connectivity index (χ4n) is 4.02. The summed E-state index contributed by atoms with van der Waals surface area (Å²) < 4.78 is 5.91. The number of hydrogen-bond acceptors (Lipinski definition) is 3. The van der Waals surface area contributed by atoms with Crippen molar-refractivity contribution in [3.8, 4) is 5.75 Å². The number of hydrogen-bond donors (Lipinski definition) is 2. The number of nitrogens with one attached hydrogen (secondary N) is 1. The average Bonchev–Trinajstić information content (AvgIpc) is 2.83. The largest absolute Gasteiger partial charge is 0.494 e. The molecule has 0 saturated carbocycles. The van der Waals surface area contributed by atoms with Crippen LogP contribution >= 0.6 is 0 Å². The van der Waals surface area contributed by atoms with Crippen LogP contribution in [0.1, 0.15) is 95.1 Å². The lowest BCUT2D eigenvalue weighted by Gasteiger charge is -2.09. The molecule has 2 rings (SSSR count). The van der Waals surface area contributed by atoms with Gasteiger partial charge in [-0.3, -0.25) is 0 Å². The first kappa shape index (κ1) is 26.3. The summed E-state index contributed by atoms with van der Waals surface area (Å²) in [6.07, 6.45) is 17.4. The maximum atomic E-state index is 9.22. The number of anilines is 1. The van der Waals surface area contributed by atoms with Crippen molar-refractivity contribution >= 4 is 5.69 Å². The van der Waals surface area contributed by atoms with E-state index in [1.54, 1.807) is 0 Å². The molecule has 2 aromatic carbocycles. The Morgan fingerprint density at radius 2 is 1.34 bits per heavy atom. The minimum atomic E-state index is 0.0796. The molecule has 0 aliphatic heterocycles. The summed E-state index contributed by atoms with van der Waals surface area (Å²) in [5, 5.41) is 12.6. The SMILES string of the molecule is CCCCCCCCCCCCCCOc1ccc(CCNc2cccc(CO)c2)cc1. The summed E-state index contributed by atoms with van der Waals surface area (Å²) in [6, 6.07) is 16.4. The van der Waals surface area contributed by atoms with Gasteiger partial charge in [0.1, 0.15) is 5.75 Å². The lowest BCUT2D eigenvalue weighted by molar-refractivity contribution is 0.282. The van der Waals surface area contributed by atoms with E-state index < -0.39 is 0 Å². The molecule has 3 nitrogen and oxygen atoms in total. The Balaban J connectivity index is 1.45. The molecule has 0 saturated heterocycles. The van der Waals surface area contributed by atoms with Crippen molar-refractivity contribution in [2.24, 2.45) is 0 Å². The zero-order chi connectivity index (χ0) is 22.7. The predicted octanol–water partition coefficient (Wildman–Crippen LogP) is 7.91. The topological polar surface area (TPSA) is 41.5 Å². The smallest absolute Gasteiger partial charge is 0.119 e. The van der Waals surface area contributed by atoms with Crippen molar-refractivity contribution in [3.05, 3.63) is 59.7 Å². The van der Waals surface area contributed by atoms with E-state index in [0.717, 1.165) is 43.0 Å². The van der Waals surface area contributed by atoms with Gasteiger partial charge in [-0.2, -0.15) is 0 Å². The summed E-state index contributed by atoms with van der Waals surface area (Å²) >= 11 is 0. The van der Waals surface area contributed by atoms with E-state index in [-0.39, 0.29) is 6.61 Å². The van der Waals surface area contributed by atoms with Crippen LogP contribution in [-0.2, 0) is 13.0 Å². The van der Waals surface area contributed by atoms with Crippen molar-refractivity contribution in [1.29, 1.82) is 0 Å². The third-order valence-electron chi connectivity index (χ3n) is 6.04. The van der Waals surface area contributed by atoms with Gasteiger partial charge in [0.25, 0.3) is 0 Å². The zero-order valence-corrected chi connectivity index (χ0v) is 20.3. The van der Waals surface area contributed by atoms with Crippen LogP contribution in [0.3, 0.4) is 0 Å². The van der Waals surface area contributed by atoms with Crippen molar-refractivity contribution in [2.45, 2.75) is 97.0 Å². The van der Waals surface area contributed by atoms with Gasteiger partial charge in [0.2, 0.25) is 0 Å². The van der Waals surface area contributed by atoms with Crippen LogP contribution in [0.25, 0.3) is 0 Å². The van der Waals surface area contributed by atoms with E-state index >= 15 is 0 Å². The van der Waals surface area contributed by atoms with Gasteiger partial charge in [-0.15, -0.1) is 0 Å². The van der Waals surface area contributed by atoms with Gasteiger partial charge in [0.05, 0.1) is 13.2 Å². The van der Waals surface area contributed by atoms with E-state index in [2.05, 4.69) is 36.5 Å². The molecule has 0 aromatic heterocycles. The van der Waals surface area contributed by atoms with E-state index in [4.69, 9.17) is 4.74 Å². The van der Waals surface area contributed by atoms with Gasteiger partial charge in [-0.25, -0.2) is 0 Å². The number of unbranched alkanes of at least 4 members (excludes halogenated alkanes) is 11. The molecule has 0 bridgehead atoms. The molecule has 0 spiro atoms. The first-order chi connectivity index (χ1) is 15.8. The second kappa shape index (κ2) is 17.5. The minimum absolute atomic E-state index is 0.0796. The lowest BCUT2D eigenvalue weighted by atomic mass is 10.1. The van der Waals surface area contributed by atoms with Crippen LogP contribution in [0, 0.1) is 0 Å². The first-order valence-corrected chi connectivity index (χ1v) is 13.0. The Hall–Kier alpha value is -2.00. The standard InChI is InChI=1S/C29H45NO2/c1-2-3-4-5-6-7-8-9-10-11-12-13-23-32-29-19-17-26(18-20-29)21-22-30-28-16-14-15-27(24-28)25-31/h14-20,24,30-31H,2-13,21-23,25H2,1H3. The number of ether oxygens (including phenoxy) is 1. The maximum Gasteiger partial charge on any atom is 0.119 e. The number of rotatable bonds is 19. The molecule has 0 atom stereocenters. The highest BCUT2D eigenvalue weighted by Crippen LogP contribution is 2.16. The van der Waals surface area contributed by atoms with Gasteiger partial charge in [0, 0.05) is 12.2 Å². The molecule has 3 heteroatoms.